The van der Waals surface area contributed by atoms with Crippen LogP contribution in [0.4, 0.5) is 0 Å². The van der Waals surface area contributed by atoms with Crippen molar-refractivity contribution in [1.29, 1.82) is 0 Å². The van der Waals surface area contributed by atoms with Crippen molar-refractivity contribution in [3.63, 3.8) is 0 Å². The Kier molecular flexibility index (Phi) is 5.60. The minimum atomic E-state index is 0.185. The van der Waals surface area contributed by atoms with E-state index in [9.17, 15) is 4.79 Å². The standard InChI is InChI=1S/C17H26N2O/c1-13(2)16-5-3-15(4-6-16)12-19-17(20)11-14-7-9-18-10-8-14/h3-6,13-14,18H,7-12H2,1-2H3,(H,19,20). The topological polar surface area (TPSA) is 41.1 Å². The Hall–Kier alpha value is -1.35. The van der Waals surface area contributed by atoms with Gasteiger partial charge in [0.2, 0.25) is 5.91 Å². The molecule has 0 radical (unpaired) electrons. The number of benzene rings is 1. The van der Waals surface area contributed by atoms with Crippen LogP contribution in [0.15, 0.2) is 24.3 Å². The maximum Gasteiger partial charge on any atom is 0.220 e. The summed E-state index contributed by atoms with van der Waals surface area (Å²) in [6.45, 7) is 7.12. The third kappa shape index (κ3) is 4.64. The highest BCUT2D eigenvalue weighted by Gasteiger charge is 2.16. The average Bonchev–Trinajstić information content (AvgIpc) is 2.46. The molecule has 1 aromatic carbocycles. The lowest BCUT2D eigenvalue weighted by atomic mass is 9.94. The van der Waals surface area contributed by atoms with E-state index >= 15 is 0 Å². The normalized spacial score (nSPS) is 16.4. The Balaban J connectivity index is 1.74. The predicted molar refractivity (Wildman–Crippen MR) is 82.6 cm³/mol. The summed E-state index contributed by atoms with van der Waals surface area (Å²) < 4.78 is 0. The van der Waals surface area contributed by atoms with Gasteiger partial charge in [0.1, 0.15) is 0 Å². The number of nitrogens with one attached hydrogen (secondary N) is 2. The van der Waals surface area contributed by atoms with Gasteiger partial charge >= 0.3 is 0 Å². The first kappa shape index (κ1) is 15.0. The third-order valence-electron chi connectivity index (χ3n) is 4.07. The van der Waals surface area contributed by atoms with Gasteiger partial charge in [0.05, 0.1) is 0 Å². The number of rotatable bonds is 5. The zero-order chi connectivity index (χ0) is 14.4. The summed E-state index contributed by atoms with van der Waals surface area (Å²) in [5.74, 6) is 1.29. The minimum Gasteiger partial charge on any atom is -0.352 e. The number of carbonyl (C=O) groups excluding carboxylic acids is 1. The maximum atomic E-state index is 11.9. The van der Waals surface area contributed by atoms with Crippen molar-refractivity contribution in [3.05, 3.63) is 35.4 Å². The smallest absolute Gasteiger partial charge is 0.220 e. The zero-order valence-electron chi connectivity index (χ0n) is 12.6. The molecule has 1 aromatic rings. The van der Waals surface area contributed by atoms with Crippen LogP contribution in [-0.2, 0) is 11.3 Å². The first-order valence-corrected chi connectivity index (χ1v) is 7.71. The van der Waals surface area contributed by atoms with Gasteiger partial charge in [0.15, 0.2) is 0 Å². The summed E-state index contributed by atoms with van der Waals surface area (Å²) in [6, 6.07) is 8.53. The molecule has 1 aliphatic rings. The molecule has 3 nitrogen and oxygen atoms in total. The molecule has 1 aliphatic heterocycles. The lowest BCUT2D eigenvalue weighted by Crippen LogP contribution is -2.32. The van der Waals surface area contributed by atoms with E-state index in [1.54, 1.807) is 0 Å². The lowest BCUT2D eigenvalue weighted by Gasteiger charge is -2.21. The molecule has 0 atom stereocenters. The molecule has 1 amide bonds. The molecule has 0 bridgehead atoms. The van der Waals surface area contributed by atoms with Crippen LogP contribution in [0.1, 0.15) is 50.2 Å². The van der Waals surface area contributed by atoms with Crippen molar-refractivity contribution >= 4 is 5.91 Å². The molecule has 1 saturated heterocycles. The van der Waals surface area contributed by atoms with E-state index < -0.39 is 0 Å². The van der Waals surface area contributed by atoms with Crippen LogP contribution in [-0.4, -0.2) is 19.0 Å². The second-order valence-electron chi connectivity index (χ2n) is 6.07. The van der Waals surface area contributed by atoms with Gasteiger partial charge in [-0.15, -0.1) is 0 Å². The van der Waals surface area contributed by atoms with Crippen molar-refractivity contribution in [1.82, 2.24) is 10.6 Å². The SMILES string of the molecule is CC(C)c1ccc(CNC(=O)CC2CCNCC2)cc1. The number of amides is 1. The number of carbonyl (C=O) groups is 1. The monoisotopic (exact) mass is 274 g/mol. The van der Waals surface area contributed by atoms with E-state index in [-0.39, 0.29) is 5.91 Å². The van der Waals surface area contributed by atoms with Gasteiger partial charge in [-0.3, -0.25) is 4.79 Å². The van der Waals surface area contributed by atoms with Crippen molar-refractivity contribution in [2.75, 3.05) is 13.1 Å². The molecule has 20 heavy (non-hydrogen) atoms. The second kappa shape index (κ2) is 7.44. The zero-order valence-corrected chi connectivity index (χ0v) is 12.6. The first-order valence-electron chi connectivity index (χ1n) is 7.71. The van der Waals surface area contributed by atoms with Gasteiger partial charge in [-0.1, -0.05) is 38.1 Å². The minimum absolute atomic E-state index is 0.185. The lowest BCUT2D eigenvalue weighted by molar-refractivity contribution is -0.122. The highest BCUT2D eigenvalue weighted by Crippen LogP contribution is 2.16. The van der Waals surface area contributed by atoms with E-state index in [1.165, 1.54) is 11.1 Å². The highest BCUT2D eigenvalue weighted by molar-refractivity contribution is 5.76. The largest absolute Gasteiger partial charge is 0.352 e. The molecule has 2 N–H and O–H groups in total. The van der Waals surface area contributed by atoms with E-state index in [4.69, 9.17) is 0 Å². The molecule has 3 heteroatoms. The van der Waals surface area contributed by atoms with Crippen LogP contribution in [0, 0.1) is 5.92 Å². The predicted octanol–water partition coefficient (Wildman–Crippen LogP) is 2.82. The van der Waals surface area contributed by atoms with Crippen molar-refractivity contribution < 1.29 is 4.79 Å². The molecule has 1 fully saturated rings. The molecule has 0 spiro atoms. The van der Waals surface area contributed by atoms with Crippen LogP contribution < -0.4 is 10.6 Å². The van der Waals surface area contributed by atoms with Gasteiger partial charge < -0.3 is 10.6 Å². The molecule has 0 aromatic heterocycles. The van der Waals surface area contributed by atoms with E-state index in [0.29, 0.717) is 24.8 Å². The Morgan fingerprint density at radius 3 is 2.50 bits per heavy atom. The highest BCUT2D eigenvalue weighted by atomic mass is 16.1. The summed E-state index contributed by atoms with van der Waals surface area (Å²) in [5.41, 5.74) is 2.52. The number of piperidine rings is 1. The van der Waals surface area contributed by atoms with Gasteiger partial charge in [-0.2, -0.15) is 0 Å². The maximum absolute atomic E-state index is 11.9. The van der Waals surface area contributed by atoms with Crippen LogP contribution in [0.5, 0.6) is 0 Å². The van der Waals surface area contributed by atoms with Crippen LogP contribution in [0.3, 0.4) is 0 Å². The van der Waals surface area contributed by atoms with Crippen molar-refractivity contribution in [3.8, 4) is 0 Å². The van der Waals surface area contributed by atoms with Crippen molar-refractivity contribution in [2.24, 2.45) is 5.92 Å². The fraction of sp³-hybridized carbons (Fsp3) is 0.588. The molecular formula is C17H26N2O. The summed E-state index contributed by atoms with van der Waals surface area (Å²) >= 11 is 0. The van der Waals surface area contributed by atoms with Gasteiger partial charge in [0.25, 0.3) is 0 Å². The molecule has 0 aliphatic carbocycles. The van der Waals surface area contributed by atoms with E-state index in [0.717, 1.165) is 25.9 Å². The Labute approximate surface area is 122 Å². The molecule has 110 valence electrons. The van der Waals surface area contributed by atoms with Crippen molar-refractivity contribution in [2.45, 2.75) is 45.6 Å². The summed E-state index contributed by atoms with van der Waals surface area (Å²) in [5, 5.41) is 6.36. The molecule has 2 rings (SSSR count). The molecule has 0 unspecified atom stereocenters. The Bertz CT molecular complexity index is 419. The van der Waals surface area contributed by atoms with Gasteiger partial charge in [-0.25, -0.2) is 0 Å². The third-order valence-corrected chi connectivity index (χ3v) is 4.07. The first-order chi connectivity index (χ1) is 9.65. The Morgan fingerprint density at radius 1 is 1.25 bits per heavy atom. The summed E-state index contributed by atoms with van der Waals surface area (Å²) in [4.78, 5) is 11.9. The number of hydrogen-bond acceptors (Lipinski definition) is 2. The summed E-state index contributed by atoms with van der Waals surface area (Å²) in [6.07, 6.45) is 2.92. The summed E-state index contributed by atoms with van der Waals surface area (Å²) in [7, 11) is 0. The van der Waals surface area contributed by atoms with Gasteiger partial charge in [-0.05, 0) is 48.9 Å². The fourth-order valence-corrected chi connectivity index (χ4v) is 2.64. The average molecular weight is 274 g/mol. The van der Waals surface area contributed by atoms with Crippen LogP contribution in [0.25, 0.3) is 0 Å². The van der Waals surface area contributed by atoms with Crippen LogP contribution in [0.2, 0.25) is 0 Å². The second-order valence-corrected chi connectivity index (χ2v) is 6.07. The molecule has 1 heterocycles. The van der Waals surface area contributed by atoms with E-state index in [1.807, 2.05) is 0 Å². The van der Waals surface area contributed by atoms with Gasteiger partial charge in [0, 0.05) is 13.0 Å². The molecule has 0 saturated carbocycles. The van der Waals surface area contributed by atoms with Crippen LogP contribution >= 0.6 is 0 Å². The fourth-order valence-electron chi connectivity index (χ4n) is 2.64. The number of hydrogen-bond donors (Lipinski definition) is 2. The quantitative estimate of drug-likeness (QED) is 0.867. The van der Waals surface area contributed by atoms with E-state index in [2.05, 4.69) is 48.7 Å². The Morgan fingerprint density at radius 2 is 1.90 bits per heavy atom. The molecular weight excluding hydrogens is 248 g/mol.